The number of hydrogen-bond donors (Lipinski definition) is 1. The van der Waals surface area contributed by atoms with Crippen LogP contribution in [0, 0.1) is 0 Å². The van der Waals surface area contributed by atoms with E-state index in [2.05, 4.69) is 37.4 Å². The van der Waals surface area contributed by atoms with Crippen LogP contribution in [0.5, 0.6) is 5.75 Å². The fourth-order valence-corrected chi connectivity index (χ4v) is 2.33. The normalized spacial score (nSPS) is 12.3. The van der Waals surface area contributed by atoms with Crippen LogP contribution in [-0.4, -0.2) is 26.4 Å². The lowest BCUT2D eigenvalue weighted by atomic mass is 10.0. The fourth-order valence-electron chi connectivity index (χ4n) is 2.33. The van der Waals surface area contributed by atoms with Gasteiger partial charge >= 0.3 is 0 Å². The molecule has 3 heteroatoms. The summed E-state index contributed by atoms with van der Waals surface area (Å²) in [4.78, 5) is 0. The van der Waals surface area contributed by atoms with E-state index in [-0.39, 0.29) is 0 Å². The van der Waals surface area contributed by atoms with E-state index in [0.29, 0.717) is 6.04 Å². The predicted molar refractivity (Wildman–Crippen MR) is 89.0 cm³/mol. The number of hydrogen-bond acceptors (Lipinski definition) is 3. The zero-order valence-corrected chi connectivity index (χ0v) is 13.9. The van der Waals surface area contributed by atoms with Crippen molar-refractivity contribution in [2.24, 2.45) is 0 Å². The molecule has 0 amide bonds. The Hall–Kier alpha value is -1.06. The molecular weight excluding hydrogens is 262 g/mol. The maximum absolute atomic E-state index is 5.90. The molecule has 1 rings (SSSR count). The van der Waals surface area contributed by atoms with Gasteiger partial charge in [0.15, 0.2) is 0 Å². The monoisotopic (exact) mass is 293 g/mol. The van der Waals surface area contributed by atoms with E-state index in [4.69, 9.17) is 9.47 Å². The summed E-state index contributed by atoms with van der Waals surface area (Å²) >= 11 is 0. The Morgan fingerprint density at radius 2 is 1.86 bits per heavy atom. The summed E-state index contributed by atoms with van der Waals surface area (Å²) in [7, 11) is 0. The number of ether oxygens (including phenoxy) is 2. The molecule has 0 spiro atoms. The van der Waals surface area contributed by atoms with Crippen LogP contribution in [0.15, 0.2) is 24.3 Å². The summed E-state index contributed by atoms with van der Waals surface area (Å²) < 4.78 is 11.4. The Morgan fingerprint density at radius 3 is 2.57 bits per heavy atom. The van der Waals surface area contributed by atoms with Gasteiger partial charge in [-0.05, 0) is 45.2 Å². The van der Waals surface area contributed by atoms with E-state index in [0.717, 1.165) is 57.8 Å². The molecule has 0 saturated heterocycles. The van der Waals surface area contributed by atoms with E-state index < -0.39 is 0 Å². The molecule has 0 saturated carbocycles. The highest BCUT2D eigenvalue weighted by Crippen LogP contribution is 2.28. The van der Waals surface area contributed by atoms with E-state index in [1.54, 1.807) is 0 Å². The van der Waals surface area contributed by atoms with Crippen molar-refractivity contribution >= 4 is 0 Å². The zero-order valence-electron chi connectivity index (χ0n) is 13.9. The van der Waals surface area contributed by atoms with Crippen LogP contribution in [0.1, 0.15) is 58.1 Å². The maximum atomic E-state index is 5.90. The minimum atomic E-state index is 0.346. The van der Waals surface area contributed by atoms with Gasteiger partial charge in [-0.2, -0.15) is 0 Å². The molecule has 1 atom stereocenters. The summed E-state index contributed by atoms with van der Waals surface area (Å²) in [6, 6.07) is 8.74. The topological polar surface area (TPSA) is 30.5 Å². The van der Waals surface area contributed by atoms with Gasteiger partial charge in [-0.3, -0.25) is 0 Å². The third-order valence-electron chi connectivity index (χ3n) is 3.38. The SMILES string of the molecule is CCCNC(CCCOCC)c1ccccc1OCCC. The first kappa shape index (κ1) is 18.0. The van der Waals surface area contributed by atoms with Crippen molar-refractivity contribution in [3.05, 3.63) is 29.8 Å². The average Bonchev–Trinajstić information content (AvgIpc) is 2.53. The quantitative estimate of drug-likeness (QED) is 0.582. The highest BCUT2D eigenvalue weighted by Gasteiger charge is 2.15. The van der Waals surface area contributed by atoms with E-state index in [1.165, 1.54) is 5.56 Å². The van der Waals surface area contributed by atoms with E-state index in [9.17, 15) is 0 Å². The number of rotatable bonds is 12. The summed E-state index contributed by atoms with van der Waals surface area (Å²) in [6.07, 6.45) is 4.31. The van der Waals surface area contributed by atoms with Crippen molar-refractivity contribution < 1.29 is 9.47 Å². The molecule has 0 bridgehead atoms. The van der Waals surface area contributed by atoms with Gasteiger partial charge in [-0.1, -0.05) is 32.0 Å². The molecule has 0 aliphatic rings. The van der Waals surface area contributed by atoms with E-state index >= 15 is 0 Å². The second kappa shape index (κ2) is 11.6. The van der Waals surface area contributed by atoms with Gasteiger partial charge in [0, 0.05) is 24.8 Å². The summed E-state index contributed by atoms with van der Waals surface area (Å²) in [5.74, 6) is 1.02. The maximum Gasteiger partial charge on any atom is 0.124 e. The van der Waals surface area contributed by atoms with Gasteiger partial charge in [-0.25, -0.2) is 0 Å². The lowest BCUT2D eigenvalue weighted by Crippen LogP contribution is -2.23. The van der Waals surface area contributed by atoms with Crippen LogP contribution in [-0.2, 0) is 4.74 Å². The number of para-hydroxylation sites is 1. The second-order valence-corrected chi connectivity index (χ2v) is 5.23. The van der Waals surface area contributed by atoms with Gasteiger partial charge in [0.05, 0.1) is 6.61 Å². The van der Waals surface area contributed by atoms with Crippen LogP contribution in [0.2, 0.25) is 0 Å². The van der Waals surface area contributed by atoms with E-state index in [1.807, 2.05) is 13.0 Å². The molecule has 0 radical (unpaired) electrons. The Bertz CT molecular complexity index is 368. The van der Waals surface area contributed by atoms with Crippen LogP contribution in [0.25, 0.3) is 0 Å². The molecule has 1 unspecified atom stereocenters. The highest BCUT2D eigenvalue weighted by atomic mass is 16.5. The first-order valence-corrected chi connectivity index (χ1v) is 8.36. The average molecular weight is 293 g/mol. The fraction of sp³-hybridized carbons (Fsp3) is 0.667. The molecule has 120 valence electrons. The second-order valence-electron chi connectivity index (χ2n) is 5.23. The third-order valence-corrected chi connectivity index (χ3v) is 3.38. The smallest absolute Gasteiger partial charge is 0.124 e. The van der Waals surface area contributed by atoms with Gasteiger partial charge in [0.2, 0.25) is 0 Å². The molecule has 1 aromatic carbocycles. The molecule has 0 heterocycles. The van der Waals surface area contributed by atoms with Crippen molar-refractivity contribution in [1.82, 2.24) is 5.32 Å². The molecule has 1 N–H and O–H groups in total. The first-order chi connectivity index (χ1) is 10.3. The molecular formula is C18H31NO2. The molecule has 0 aliphatic heterocycles. The minimum absolute atomic E-state index is 0.346. The summed E-state index contributed by atoms with van der Waals surface area (Å²) in [6.45, 7) is 9.81. The van der Waals surface area contributed by atoms with Gasteiger partial charge in [-0.15, -0.1) is 0 Å². The minimum Gasteiger partial charge on any atom is -0.493 e. The molecule has 1 aromatic rings. The molecule has 21 heavy (non-hydrogen) atoms. The van der Waals surface area contributed by atoms with Gasteiger partial charge < -0.3 is 14.8 Å². The van der Waals surface area contributed by atoms with Crippen molar-refractivity contribution in [2.75, 3.05) is 26.4 Å². The first-order valence-electron chi connectivity index (χ1n) is 8.36. The van der Waals surface area contributed by atoms with Crippen molar-refractivity contribution in [3.8, 4) is 5.75 Å². The molecule has 0 aliphatic carbocycles. The highest BCUT2D eigenvalue weighted by molar-refractivity contribution is 5.36. The summed E-state index contributed by atoms with van der Waals surface area (Å²) in [5.41, 5.74) is 1.27. The van der Waals surface area contributed by atoms with Gasteiger partial charge in [0.1, 0.15) is 5.75 Å². The third kappa shape index (κ3) is 6.96. The molecule has 0 fully saturated rings. The summed E-state index contributed by atoms with van der Waals surface area (Å²) in [5, 5.41) is 3.64. The Morgan fingerprint density at radius 1 is 1.05 bits per heavy atom. The van der Waals surface area contributed by atoms with Crippen molar-refractivity contribution in [2.45, 2.75) is 52.5 Å². The molecule has 0 aromatic heterocycles. The standard InChI is InChI=1S/C18H31NO2/c1-4-13-19-17(11-9-15-20-6-3)16-10-7-8-12-18(16)21-14-5-2/h7-8,10,12,17,19H,4-6,9,11,13-15H2,1-3H3. The van der Waals surface area contributed by atoms with Crippen LogP contribution in [0.3, 0.4) is 0 Å². The van der Waals surface area contributed by atoms with Crippen molar-refractivity contribution in [3.63, 3.8) is 0 Å². The Balaban J connectivity index is 2.70. The van der Waals surface area contributed by atoms with Crippen molar-refractivity contribution in [1.29, 1.82) is 0 Å². The lowest BCUT2D eigenvalue weighted by molar-refractivity contribution is 0.140. The number of nitrogens with one attached hydrogen (secondary N) is 1. The molecule has 3 nitrogen and oxygen atoms in total. The lowest BCUT2D eigenvalue weighted by Gasteiger charge is -2.22. The van der Waals surface area contributed by atoms with Gasteiger partial charge in [0.25, 0.3) is 0 Å². The predicted octanol–water partition coefficient (Wildman–Crippen LogP) is 4.33. The number of benzene rings is 1. The van der Waals surface area contributed by atoms with Crippen LogP contribution < -0.4 is 10.1 Å². The largest absolute Gasteiger partial charge is 0.493 e. The Kier molecular flexibility index (Phi) is 9.92. The Labute approximate surface area is 130 Å². The van der Waals surface area contributed by atoms with Crippen LogP contribution >= 0.6 is 0 Å². The zero-order chi connectivity index (χ0) is 15.3. The van der Waals surface area contributed by atoms with Crippen LogP contribution in [0.4, 0.5) is 0 Å².